The molecule has 0 aromatic carbocycles. The largest absolute Gasteiger partial charge is 0.251 e. The Balaban J connectivity index is 2.13. The second-order valence-corrected chi connectivity index (χ2v) is 7.52. The van der Waals surface area contributed by atoms with E-state index in [4.69, 9.17) is 0 Å². The Hall–Kier alpha value is -0.210. The molecule has 0 saturated carbocycles. The quantitative estimate of drug-likeness (QED) is 0.931. The van der Waals surface area contributed by atoms with Crippen LogP contribution in [0.3, 0.4) is 0 Å². The molecule has 0 spiro atoms. The highest BCUT2D eigenvalue weighted by atomic mass is 79.9. The van der Waals surface area contributed by atoms with Crippen molar-refractivity contribution >= 4 is 48.6 Å². The first kappa shape index (κ1) is 12.3. The molecule has 0 atom stereocenters. The van der Waals surface area contributed by atoms with Crippen LogP contribution in [0.4, 0.5) is 0 Å². The predicted octanol–water partition coefficient (Wildman–Crippen LogP) is 3.05. The highest BCUT2D eigenvalue weighted by molar-refractivity contribution is 9.10. The van der Waals surface area contributed by atoms with Crippen molar-refractivity contribution < 1.29 is 8.42 Å². The monoisotopic (exact) mass is 337 g/mol. The second kappa shape index (κ2) is 4.97. The van der Waals surface area contributed by atoms with Gasteiger partial charge < -0.3 is 0 Å². The van der Waals surface area contributed by atoms with E-state index in [0.717, 1.165) is 5.56 Å². The minimum atomic E-state index is -3.40. The second-order valence-electron chi connectivity index (χ2n) is 3.01. The third-order valence-corrected chi connectivity index (χ3v) is 6.68. The van der Waals surface area contributed by atoms with Crippen molar-refractivity contribution in [2.75, 3.05) is 0 Å². The summed E-state index contributed by atoms with van der Waals surface area (Å²) in [7, 11) is -3.40. The number of hydrogen-bond acceptors (Lipinski definition) is 4. The summed E-state index contributed by atoms with van der Waals surface area (Å²) < 4.78 is 27.3. The van der Waals surface area contributed by atoms with E-state index in [0.29, 0.717) is 15.2 Å². The Morgan fingerprint density at radius 2 is 2.12 bits per heavy atom. The van der Waals surface area contributed by atoms with Gasteiger partial charge in [-0.2, -0.15) is 11.3 Å². The van der Waals surface area contributed by atoms with Gasteiger partial charge in [-0.1, -0.05) is 0 Å². The van der Waals surface area contributed by atoms with Crippen molar-refractivity contribution in [2.45, 2.75) is 10.8 Å². The van der Waals surface area contributed by atoms with Crippen LogP contribution >= 0.6 is 38.6 Å². The standard InChI is InChI=1S/C9H8BrNO2S3/c10-8-2-4-15-9(8)16(12,13)11-5-7-1-3-14-6-7/h1-4,6,11H,5H2. The molecule has 0 amide bonds. The zero-order valence-electron chi connectivity index (χ0n) is 8.01. The van der Waals surface area contributed by atoms with Crippen molar-refractivity contribution in [3.05, 3.63) is 38.3 Å². The molecular formula is C9H8BrNO2S3. The van der Waals surface area contributed by atoms with E-state index in [1.165, 1.54) is 11.3 Å². The van der Waals surface area contributed by atoms with Crippen molar-refractivity contribution in [1.82, 2.24) is 4.72 Å². The number of rotatable bonds is 4. The highest BCUT2D eigenvalue weighted by Gasteiger charge is 2.18. The molecule has 7 heteroatoms. The topological polar surface area (TPSA) is 46.2 Å². The third-order valence-electron chi connectivity index (χ3n) is 1.87. The summed E-state index contributed by atoms with van der Waals surface area (Å²) in [6.07, 6.45) is 0. The van der Waals surface area contributed by atoms with Gasteiger partial charge in [0, 0.05) is 11.0 Å². The maximum atomic E-state index is 11.9. The maximum absolute atomic E-state index is 11.9. The Morgan fingerprint density at radius 1 is 1.31 bits per heavy atom. The number of nitrogens with one attached hydrogen (secondary N) is 1. The molecular weight excluding hydrogens is 330 g/mol. The smallest absolute Gasteiger partial charge is 0.206 e. The minimum absolute atomic E-state index is 0.322. The third kappa shape index (κ3) is 2.72. The van der Waals surface area contributed by atoms with E-state index >= 15 is 0 Å². The lowest BCUT2D eigenvalue weighted by Crippen LogP contribution is -2.22. The first-order valence-electron chi connectivity index (χ1n) is 4.33. The van der Waals surface area contributed by atoms with Crippen LogP contribution in [0.5, 0.6) is 0 Å². The van der Waals surface area contributed by atoms with Crippen molar-refractivity contribution in [2.24, 2.45) is 0 Å². The molecule has 0 radical (unpaired) electrons. The number of hydrogen-bond donors (Lipinski definition) is 1. The molecule has 0 aliphatic heterocycles. The molecule has 0 saturated heterocycles. The molecule has 16 heavy (non-hydrogen) atoms. The van der Waals surface area contributed by atoms with Gasteiger partial charge in [-0.15, -0.1) is 11.3 Å². The molecule has 86 valence electrons. The number of sulfonamides is 1. The fourth-order valence-corrected chi connectivity index (χ4v) is 5.18. The summed E-state index contributed by atoms with van der Waals surface area (Å²) in [6, 6.07) is 3.63. The van der Waals surface area contributed by atoms with Gasteiger partial charge in [0.2, 0.25) is 0 Å². The zero-order chi connectivity index (χ0) is 11.6. The van der Waals surface area contributed by atoms with Gasteiger partial charge in [-0.05, 0) is 49.8 Å². The van der Waals surface area contributed by atoms with Gasteiger partial charge in [-0.3, -0.25) is 0 Å². The Labute approximate surface area is 110 Å². The average Bonchev–Trinajstić information content (AvgIpc) is 2.85. The average molecular weight is 338 g/mol. The van der Waals surface area contributed by atoms with Gasteiger partial charge >= 0.3 is 0 Å². The minimum Gasteiger partial charge on any atom is -0.206 e. The van der Waals surface area contributed by atoms with E-state index in [1.54, 1.807) is 22.8 Å². The summed E-state index contributed by atoms with van der Waals surface area (Å²) in [4.78, 5) is 0. The van der Waals surface area contributed by atoms with E-state index in [-0.39, 0.29) is 0 Å². The van der Waals surface area contributed by atoms with Crippen LogP contribution in [0.25, 0.3) is 0 Å². The maximum Gasteiger partial charge on any atom is 0.251 e. The van der Waals surface area contributed by atoms with E-state index in [2.05, 4.69) is 20.7 Å². The molecule has 2 rings (SSSR count). The van der Waals surface area contributed by atoms with E-state index < -0.39 is 10.0 Å². The molecule has 3 nitrogen and oxygen atoms in total. The van der Waals surface area contributed by atoms with Gasteiger partial charge in [0.25, 0.3) is 10.0 Å². The van der Waals surface area contributed by atoms with E-state index in [1.807, 2.05) is 16.8 Å². The summed E-state index contributed by atoms with van der Waals surface area (Å²) in [6.45, 7) is 0.330. The van der Waals surface area contributed by atoms with Gasteiger partial charge in [0.1, 0.15) is 4.21 Å². The normalized spacial score (nSPS) is 11.8. The fourth-order valence-electron chi connectivity index (χ4n) is 1.11. The molecule has 2 aromatic rings. The number of halogens is 1. The molecule has 0 aliphatic carbocycles. The molecule has 2 heterocycles. The molecule has 0 bridgehead atoms. The van der Waals surface area contributed by atoms with Crippen LogP contribution in [0.2, 0.25) is 0 Å². The van der Waals surface area contributed by atoms with Gasteiger partial charge in [0.05, 0.1) is 0 Å². The molecule has 1 N–H and O–H groups in total. The van der Waals surface area contributed by atoms with Crippen LogP contribution in [0.15, 0.2) is 37.0 Å². The fraction of sp³-hybridized carbons (Fsp3) is 0.111. The Kier molecular flexibility index (Phi) is 3.81. The van der Waals surface area contributed by atoms with E-state index in [9.17, 15) is 8.42 Å². The lowest BCUT2D eigenvalue weighted by Gasteiger charge is -2.03. The summed E-state index contributed by atoms with van der Waals surface area (Å²) in [5.41, 5.74) is 0.973. The summed E-state index contributed by atoms with van der Waals surface area (Å²) in [5, 5.41) is 5.58. The van der Waals surface area contributed by atoms with Crippen LogP contribution in [0, 0.1) is 0 Å². The highest BCUT2D eigenvalue weighted by Crippen LogP contribution is 2.27. The zero-order valence-corrected chi connectivity index (χ0v) is 12.0. The number of thiophene rings is 2. The molecule has 0 aliphatic rings. The predicted molar refractivity (Wildman–Crippen MR) is 70.4 cm³/mol. The first-order chi connectivity index (χ1) is 7.59. The van der Waals surface area contributed by atoms with Crippen LogP contribution in [-0.2, 0) is 16.6 Å². The lowest BCUT2D eigenvalue weighted by molar-refractivity contribution is 0.583. The van der Waals surface area contributed by atoms with Crippen LogP contribution in [-0.4, -0.2) is 8.42 Å². The van der Waals surface area contributed by atoms with Crippen molar-refractivity contribution in [1.29, 1.82) is 0 Å². The Morgan fingerprint density at radius 3 is 2.69 bits per heavy atom. The summed E-state index contributed by atoms with van der Waals surface area (Å²) >= 11 is 5.96. The Bertz CT molecular complexity index is 559. The molecule has 2 aromatic heterocycles. The van der Waals surface area contributed by atoms with Crippen LogP contribution in [0.1, 0.15) is 5.56 Å². The first-order valence-corrected chi connectivity index (χ1v) is 8.43. The van der Waals surface area contributed by atoms with Crippen molar-refractivity contribution in [3.8, 4) is 0 Å². The lowest BCUT2D eigenvalue weighted by atomic mass is 10.4. The van der Waals surface area contributed by atoms with Crippen molar-refractivity contribution in [3.63, 3.8) is 0 Å². The van der Waals surface area contributed by atoms with Gasteiger partial charge in [-0.25, -0.2) is 13.1 Å². The SMILES string of the molecule is O=S(=O)(NCc1ccsc1)c1sccc1Br. The van der Waals surface area contributed by atoms with Gasteiger partial charge in [0.15, 0.2) is 0 Å². The molecule has 0 fully saturated rings. The molecule has 0 unspecified atom stereocenters. The summed E-state index contributed by atoms with van der Waals surface area (Å²) in [5.74, 6) is 0. The van der Waals surface area contributed by atoms with Crippen LogP contribution < -0.4 is 4.72 Å².